The van der Waals surface area contributed by atoms with E-state index in [2.05, 4.69) is 39.5 Å². The molecule has 0 bridgehead atoms. The van der Waals surface area contributed by atoms with Gasteiger partial charge in [0.05, 0.1) is 19.8 Å². The minimum atomic E-state index is -0.667. The van der Waals surface area contributed by atoms with Gasteiger partial charge in [0.15, 0.2) is 0 Å². The minimum Gasteiger partial charge on any atom is -0.396 e. The molecule has 0 aromatic rings. The molecule has 0 heterocycles. The Kier molecular flexibility index (Phi) is 90.5. The van der Waals surface area contributed by atoms with Crippen LogP contribution in [0.4, 0.5) is 0 Å². The highest BCUT2D eigenvalue weighted by Crippen LogP contribution is 2.18. The van der Waals surface area contributed by atoms with E-state index in [1.165, 1.54) is 0 Å². The Labute approximate surface area is 127 Å². The lowest BCUT2D eigenvalue weighted by atomic mass is 9.88. The van der Waals surface area contributed by atoms with Crippen LogP contribution >= 0.6 is 0 Å². The van der Waals surface area contributed by atoms with E-state index in [9.17, 15) is 0 Å². The summed E-state index contributed by atoms with van der Waals surface area (Å²) in [6, 6.07) is 0. The first-order chi connectivity index (χ1) is 10.1. The summed E-state index contributed by atoms with van der Waals surface area (Å²) in [5, 5.41) is 36.8. The predicted octanol–water partition coefficient (Wildman–Crippen LogP) is 1.57. The first-order valence-corrected chi connectivity index (χ1v) is 5.48. The maximum Gasteiger partial charge on any atom is 0.231 e. The van der Waals surface area contributed by atoms with Crippen molar-refractivity contribution in [1.29, 1.82) is 10.8 Å². The van der Waals surface area contributed by atoms with Crippen molar-refractivity contribution in [3.8, 4) is 0 Å². The number of carbonyl (C=O) groups excluding carboxylic acids is 2. The molecule has 0 aromatic heterocycles. The molecular formula is C14H28N2O5. The molecule has 5 N–H and O–H groups in total. The van der Waals surface area contributed by atoms with Gasteiger partial charge in [0.25, 0.3) is 0 Å². The van der Waals surface area contributed by atoms with Crippen molar-refractivity contribution in [3.05, 3.63) is 39.5 Å². The molecule has 7 nitrogen and oxygen atoms in total. The first kappa shape index (κ1) is 36.4. The van der Waals surface area contributed by atoms with E-state index in [0.29, 0.717) is 6.42 Å². The average molecular weight is 304 g/mol. The fourth-order valence-electron chi connectivity index (χ4n) is 0.485. The lowest BCUT2D eigenvalue weighted by molar-refractivity contribution is 0.00304. The number of rotatable bonds is 4. The highest BCUT2D eigenvalue weighted by molar-refractivity contribution is 5.26. The summed E-state index contributed by atoms with van der Waals surface area (Å²) in [7, 11) is 0. The minimum absolute atomic E-state index is 0.156. The van der Waals surface area contributed by atoms with Crippen LogP contribution in [0.2, 0.25) is 0 Å². The molecule has 0 rings (SSSR count). The normalized spacial score (nSPS) is 6.48. The summed E-state index contributed by atoms with van der Waals surface area (Å²) in [4.78, 5) is 16.7. The van der Waals surface area contributed by atoms with Crippen molar-refractivity contribution in [3.63, 3.8) is 0 Å². The molecule has 21 heavy (non-hydrogen) atoms. The van der Waals surface area contributed by atoms with Gasteiger partial charge in [0, 0.05) is 5.41 Å². The number of isocyanates is 2. The maximum absolute atomic E-state index is 8.66. The topological polar surface area (TPSA) is 143 Å². The maximum atomic E-state index is 8.66. The van der Waals surface area contributed by atoms with Crippen molar-refractivity contribution in [2.24, 2.45) is 5.41 Å². The third-order valence-electron chi connectivity index (χ3n) is 1.76. The van der Waals surface area contributed by atoms with Crippen LogP contribution < -0.4 is 0 Å². The summed E-state index contributed by atoms with van der Waals surface area (Å²) >= 11 is 0. The fourth-order valence-corrected chi connectivity index (χ4v) is 0.485. The van der Waals surface area contributed by atoms with Crippen molar-refractivity contribution in [1.82, 2.24) is 0 Å². The van der Waals surface area contributed by atoms with E-state index in [4.69, 9.17) is 35.7 Å². The lowest BCUT2D eigenvalue weighted by Gasteiger charge is -2.24. The van der Waals surface area contributed by atoms with Gasteiger partial charge in [-0.15, -0.1) is 39.5 Å². The second kappa shape index (κ2) is 52.2. The zero-order valence-electron chi connectivity index (χ0n) is 12.7. The van der Waals surface area contributed by atoms with Gasteiger partial charge in [0.2, 0.25) is 12.2 Å². The highest BCUT2D eigenvalue weighted by atomic mass is 16.3. The number of aliphatic hydroxyl groups excluding tert-OH is 3. The molecule has 124 valence electrons. The van der Waals surface area contributed by atoms with E-state index in [1.807, 2.05) is 6.92 Å². The van der Waals surface area contributed by atoms with Crippen LogP contribution in [0.3, 0.4) is 0 Å². The second-order valence-electron chi connectivity index (χ2n) is 2.53. The zero-order chi connectivity index (χ0) is 18.7. The molecule has 0 amide bonds. The monoisotopic (exact) mass is 304 g/mol. The standard InChI is InChI=1S/C6H14O3.3C2H4.2CHNO/c1-2-6(3-7,4-8)5-9;3*1-2;2*2-1-3/h7-9H,2-5H2,1H3;3*1-2H2;2*2H. The van der Waals surface area contributed by atoms with Crippen LogP contribution in [0.25, 0.3) is 0 Å². The van der Waals surface area contributed by atoms with Crippen LogP contribution in [-0.2, 0) is 9.59 Å². The molecule has 7 heteroatoms. The van der Waals surface area contributed by atoms with Gasteiger partial charge in [-0.3, -0.25) is 0 Å². The Hall–Kier alpha value is -2.14. The molecule has 0 spiro atoms. The number of hydrogen-bond acceptors (Lipinski definition) is 7. The SMILES string of the molecule is C=C.C=C.C=C.CCC(CO)(CO)CO.N=C=O.N=C=O. The quantitative estimate of drug-likeness (QED) is 0.304. The Morgan fingerprint density at radius 3 is 0.952 bits per heavy atom. The van der Waals surface area contributed by atoms with Gasteiger partial charge < -0.3 is 15.3 Å². The molecule has 0 unspecified atom stereocenters. The van der Waals surface area contributed by atoms with Crippen LogP contribution in [-0.4, -0.2) is 47.3 Å². The van der Waals surface area contributed by atoms with Gasteiger partial charge in [-0.1, -0.05) is 6.92 Å². The number of hydrogen-bond donors (Lipinski definition) is 5. The number of aliphatic hydroxyl groups is 3. The van der Waals surface area contributed by atoms with Gasteiger partial charge in [-0.05, 0) is 6.42 Å². The summed E-state index contributed by atoms with van der Waals surface area (Å²) in [5.74, 6) is 0. The van der Waals surface area contributed by atoms with E-state index >= 15 is 0 Å². The average Bonchev–Trinajstić information content (AvgIpc) is 2.57. The van der Waals surface area contributed by atoms with Gasteiger partial charge >= 0.3 is 0 Å². The van der Waals surface area contributed by atoms with E-state index in [0.717, 1.165) is 12.2 Å². The van der Waals surface area contributed by atoms with Crippen molar-refractivity contribution >= 4 is 12.2 Å². The Morgan fingerprint density at radius 1 is 0.810 bits per heavy atom. The molecule has 0 aliphatic heterocycles. The molecule has 0 aliphatic carbocycles. The molecule has 0 saturated carbocycles. The van der Waals surface area contributed by atoms with Gasteiger partial charge in [-0.25, -0.2) is 20.4 Å². The summed E-state index contributed by atoms with van der Waals surface area (Å²) in [6.45, 7) is 19.4. The Bertz CT molecular complexity index is 197. The van der Waals surface area contributed by atoms with Crippen molar-refractivity contribution in [2.45, 2.75) is 13.3 Å². The predicted molar refractivity (Wildman–Crippen MR) is 84.6 cm³/mol. The summed E-state index contributed by atoms with van der Waals surface area (Å²) < 4.78 is 0. The van der Waals surface area contributed by atoms with Crippen molar-refractivity contribution in [2.75, 3.05) is 19.8 Å². The van der Waals surface area contributed by atoms with E-state index in [1.54, 1.807) is 0 Å². The number of nitrogens with one attached hydrogen (secondary N) is 2. The molecule has 0 saturated heterocycles. The molecule has 0 aromatic carbocycles. The van der Waals surface area contributed by atoms with E-state index in [-0.39, 0.29) is 19.8 Å². The largest absolute Gasteiger partial charge is 0.396 e. The second-order valence-corrected chi connectivity index (χ2v) is 2.53. The fraction of sp³-hybridized carbons (Fsp3) is 0.429. The van der Waals surface area contributed by atoms with E-state index < -0.39 is 5.41 Å². The molecule has 0 atom stereocenters. The van der Waals surface area contributed by atoms with Gasteiger partial charge in [-0.2, -0.15) is 0 Å². The third kappa shape index (κ3) is 46.2. The van der Waals surface area contributed by atoms with Crippen LogP contribution in [0.5, 0.6) is 0 Å². The lowest BCUT2D eigenvalue weighted by Crippen LogP contribution is -2.32. The molecular weight excluding hydrogens is 276 g/mol. The molecule has 0 radical (unpaired) electrons. The summed E-state index contributed by atoms with van der Waals surface area (Å²) in [5.41, 5.74) is -0.667. The molecule has 0 aliphatic rings. The summed E-state index contributed by atoms with van der Waals surface area (Å²) in [6.07, 6.45) is 2.09. The first-order valence-electron chi connectivity index (χ1n) is 5.48. The zero-order valence-corrected chi connectivity index (χ0v) is 12.7. The Morgan fingerprint density at radius 2 is 0.952 bits per heavy atom. The molecule has 0 fully saturated rings. The van der Waals surface area contributed by atoms with Gasteiger partial charge in [0.1, 0.15) is 0 Å². The van der Waals surface area contributed by atoms with Crippen LogP contribution in [0.15, 0.2) is 39.5 Å². The van der Waals surface area contributed by atoms with Crippen LogP contribution in [0, 0.1) is 16.2 Å². The third-order valence-corrected chi connectivity index (χ3v) is 1.76. The smallest absolute Gasteiger partial charge is 0.231 e. The van der Waals surface area contributed by atoms with Crippen molar-refractivity contribution < 1.29 is 24.9 Å². The Balaban J connectivity index is -0.0000000393. The highest BCUT2D eigenvalue weighted by Gasteiger charge is 2.24. The van der Waals surface area contributed by atoms with Crippen LogP contribution in [0.1, 0.15) is 13.3 Å².